The molecular weight excluding hydrogens is 298 g/mol. The number of hydrogen-bond donors (Lipinski definition) is 4. The topological polar surface area (TPSA) is 107 Å². The Hall–Kier alpha value is -2.50. The summed E-state index contributed by atoms with van der Waals surface area (Å²) in [5.41, 5.74) is 0.781. The highest BCUT2D eigenvalue weighted by Gasteiger charge is 2.51. The fraction of sp³-hybridized carbons (Fsp3) is 0.412. The lowest BCUT2D eigenvalue weighted by Crippen LogP contribution is -2.40. The van der Waals surface area contributed by atoms with Gasteiger partial charge in [-0.2, -0.15) is 0 Å². The van der Waals surface area contributed by atoms with Crippen molar-refractivity contribution in [3.63, 3.8) is 0 Å². The fourth-order valence-corrected chi connectivity index (χ4v) is 3.69. The molecule has 4 atom stereocenters. The molecule has 4 N–H and O–H groups in total. The van der Waals surface area contributed by atoms with Gasteiger partial charge in [-0.3, -0.25) is 9.59 Å². The minimum atomic E-state index is -0.912. The van der Waals surface area contributed by atoms with Gasteiger partial charge in [-0.15, -0.1) is 0 Å². The van der Waals surface area contributed by atoms with Crippen molar-refractivity contribution in [1.29, 1.82) is 0 Å². The number of phenols is 2. The highest BCUT2D eigenvalue weighted by molar-refractivity contribution is 5.86. The minimum absolute atomic E-state index is 0.0128. The third-order valence-corrected chi connectivity index (χ3v) is 4.80. The molecule has 0 spiro atoms. The Labute approximate surface area is 133 Å². The molecule has 23 heavy (non-hydrogen) atoms. The Morgan fingerprint density at radius 2 is 1.78 bits per heavy atom. The summed E-state index contributed by atoms with van der Waals surface area (Å²) in [6.45, 7) is 0.354. The van der Waals surface area contributed by atoms with Crippen LogP contribution in [-0.2, 0) is 16.0 Å². The highest BCUT2D eigenvalue weighted by Crippen LogP contribution is 2.48. The second-order valence-electron chi connectivity index (χ2n) is 6.20. The van der Waals surface area contributed by atoms with Gasteiger partial charge in [0.2, 0.25) is 5.91 Å². The van der Waals surface area contributed by atoms with E-state index >= 15 is 0 Å². The van der Waals surface area contributed by atoms with Crippen LogP contribution in [0, 0.1) is 23.7 Å². The van der Waals surface area contributed by atoms with Gasteiger partial charge in [0.1, 0.15) is 0 Å². The van der Waals surface area contributed by atoms with E-state index in [4.69, 9.17) is 0 Å². The van der Waals surface area contributed by atoms with Crippen LogP contribution in [0.15, 0.2) is 30.4 Å². The van der Waals surface area contributed by atoms with E-state index in [1.165, 1.54) is 12.1 Å². The van der Waals surface area contributed by atoms with E-state index in [-0.39, 0.29) is 29.2 Å². The molecule has 1 fully saturated rings. The molecule has 0 unspecified atom stereocenters. The van der Waals surface area contributed by atoms with Gasteiger partial charge in [0.15, 0.2) is 11.5 Å². The van der Waals surface area contributed by atoms with Gasteiger partial charge in [-0.1, -0.05) is 18.2 Å². The molecule has 2 bridgehead atoms. The van der Waals surface area contributed by atoms with Crippen molar-refractivity contribution >= 4 is 11.9 Å². The normalized spacial score (nSPS) is 28.0. The summed E-state index contributed by atoms with van der Waals surface area (Å²) in [6, 6.07) is 4.51. The molecule has 0 aromatic heterocycles. The Balaban J connectivity index is 1.58. The molecule has 1 amide bonds. The van der Waals surface area contributed by atoms with Gasteiger partial charge in [-0.05, 0) is 42.4 Å². The summed E-state index contributed by atoms with van der Waals surface area (Å²) in [4.78, 5) is 23.8. The number of benzene rings is 1. The number of aromatic hydroxyl groups is 2. The van der Waals surface area contributed by atoms with Gasteiger partial charge in [0.25, 0.3) is 0 Å². The van der Waals surface area contributed by atoms with E-state index in [9.17, 15) is 24.9 Å². The van der Waals surface area contributed by atoms with Gasteiger partial charge in [-0.25, -0.2) is 0 Å². The van der Waals surface area contributed by atoms with Gasteiger partial charge < -0.3 is 20.6 Å². The minimum Gasteiger partial charge on any atom is -0.504 e. The van der Waals surface area contributed by atoms with Crippen molar-refractivity contribution < 1.29 is 24.9 Å². The van der Waals surface area contributed by atoms with Crippen molar-refractivity contribution in [2.45, 2.75) is 12.8 Å². The zero-order valence-electron chi connectivity index (χ0n) is 12.5. The number of phenolic OH excluding ortho intramolecular Hbond substituents is 2. The predicted molar refractivity (Wildman–Crippen MR) is 81.8 cm³/mol. The average molecular weight is 317 g/mol. The van der Waals surface area contributed by atoms with E-state index in [0.29, 0.717) is 13.0 Å². The molecule has 2 aliphatic rings. The SMILES string of the molecule is O=C(O)[C@@H]1[C@H](C(=O)NCCc2ccc(O)c(O)c2)[C@@H]2C=C[C@H]1C2. The third kappa shape index (κ3) is 2.88. The standard InChI is InChI=1S/C17H19NO5/c19-12-4-1-9(7-13(12)20)5-6-18-16(21)14-10-2-3-11(8-10)15(14)17(22)23/h1-4,7,10-11,14-15,19-20H,5-6,8H2,(H,18,21)(H,22,23)/t10-,11+,14-,15+/m1/s1. The second-order valence-corrected chi connectivity index (χ2v) is 6.20. The number of allylic oxidation sites excluding steroid dienone is 2. The van der Waals surface area contributed by atoms with E-state index in [1.54, 1.807) is 6.07 Å². The van der Waals surface area contributed by atoms with Crippen LogP contribution in [0.4, 0.5) is 0 Å². The summed E-state index contributed by atoms with van der Waals surface area (Å²) >= 11 is 0. The Kier molecular flexibility index (Phi) is 3.98. The number of fused-ring (bicyclic) bond motifs is 2. The first-order chi connectivity index (χ1) is 11.0. The van der Waals surface area contributed by atoms with E-state index in [0.717, 1.165) is 12.0 Å². The Morgan fingerprint density at radius 3 is 2.43 bits per heavy atom. The molecule has 1 aromatic rings. The number of nitrogens with one attached hydrogen (secondary N) is 1. The monoisotopic (exact) mass is 317 g/mol. The number of carbonyl (C=O) groups excluding carboxylic acids is 1. The number of carbonyl (C=O) groups is 2. The molecule has 0 radical (unpaired) electrons. The molecule has 2 aliphatic carbocycles. The fourth-order valence-electron chi connectivity index (χ4n) is 3.69. The number of aliphatic carboxylic acids is 1. The molecule has 3 rings (SSSR count). The molecular formula is C17H19NO5. The van der Waals surface area contributed by atoms with E-state index in [2.05, 4.69) is 5.32 Å². The van der Waals surface area contributed by atoms with Crippen molar-refractivity contribution in [3.05, 3.63) is 35.9 Å². The van der Waals surface area contributed by atoms with E-state index < -0.39 is 17.8 Å². The Bertz CT molecular complexity index is 669. The lowest BCUT2D eigenvalue weighted by atomic mass is 9.82. The molecule has 1 saturated carbocycles. The summed E-state index contributed by atoms with van der Waals surface area (Å²) in [7, 11) is 0. The van der Waals surface area contributed by atoms with Crippen LogP contribution in [0.2, 0.25) is 0 Å². The highest BCUT2D eigenvalue weighted by atomic mass is 16.4. The van der Waals surface area contributed by atoms with Crippen LogP contribution < -0.4 is 5.32 Å². The summed E-state index contributed by atoms with van der Waals surface area (Å²) in [6.07, 6.45) is 5.09. The molecule has 1 aromatic carbocycles. The maximum Gasteiger partial charge on any atom is 0.307 e. The first kappa shape index (κ1) is 15.4. The molecule has 0 heterocycles. The van der Waals surface area contributed by atoms with Crippen LogP contribution in [0.25, 0.3) is 0 Å². The number of carboxylic acid groups (broad SMARTS) is 1. The van der Waals surface area contributed by atoms with Gasteiger partial charge >= 0.3 is 5.97 Å². The van der Waals surface area contributed by atoms with Crippen LogP contribution in [0.5, 0.6) is 11.5 Å². The van der Waals surface area contributed by atoms with Crippen LogP contribution in [0.1, 0.15) is 12.0 Å². The number of amides is 1. The second kappa shape index (κ2) is 5.95. The zero-order valence-corrected chi connectivity index (χ0v) is 12.5. The smallest absolute Gasteiger partial charge is 0.307 e. The maximum atomic E-state index is 12.4. The van der Waals surface area contributed by atoms with E-state index in [1.807, 2.05) is 12.2 Å². The largest absolute Gasteiger partial charge is 0.504 e. The maximum absolute atomic E-state index is 12.4. The lowest BCUT2D eigenvalue weighted by Gasteiger charge is -2.23. The Morgan fingerprint density at radius 1 is 1.09 bits per heavy atom. The van der Waals surface area contributed by atoms with Crippen LogP contribution >= 0.6 is 0 Å². The van der Waals surface area contributed by atoms with Gasteiger partial charge in [0, 0.05) is 6.54 Å². The lowest BCUT2D eigenvalue weighted by molar-refractivity contribution is -0.147. The van der Waals surface area contributed by atoms with Crippen molar-refractivity contribution in [1.82, 2.24) is 5.32 Å². The average Bonchev–Trinajstić information content (AvgIpc) is 3.11. The first-order valence-electron chi connectivity index (χ1n) is 7.67. The third-order valence-electron chi connectivity index (χ3n) is 4.80. The van der Waals surface area contributed by atoms with Crippen molar-refractivity contribution in [2.75, 3.05) is 6.54 Å². The molecule has 6 nitrogen and oxygen atoms in total. The molecule has 6 heteroatoms. The quantitative estimate of drug-likeness (QED) is 0.483. The predicted octanol–water partition coefficient (Wildman–Crippen LogP) is 1.28. The number of rotatable bonds is 5. The van der Waals surface area contributed by atoms with Crippen molar-refractivity contribution in [2.24, 2.45) is 23.7 Å². The molecule has 122 valence electrons. The van der Waals surface area contributed by atoms with Crippen LogP contribution in [-0.4, -0.2) is 33.7 Å². The summed E-state index contributed by atoms with van der Waals surface area (Å²) in [5.74, 6) is -2.68. The van der Waals surface area contributed by atoms with Gasteiger partial charge in [0.05, 0.1) is 11.8 Å². The van der Waals surface area contributed by atoms with Crippen LogP contribution in [0.3, 0.4) is 0 Å². The number of hydrogen-bond acceptors (Lipinski definition) is 4. The number of carboxylic acids is 1. The summed E-state index contributed by atoms with van der Waals surface area (Å²) in [5, 5.41) is 30.8. The first-order valence-corrected chi connectivity index (χ1v) is 7.67. The van der Waals surface area contributed by atoms with Crippen molar-refractivity contribution in [3.8, 4) is 11.5 Å². The summed E-state index contributed by atoms with van der Waals surface area (Å²) < 4.78 is 0. The molecule has 0 saturated heterocycles. The molecule has 0 aliphatic heterocycles. The zero-order chi connectivity index (χ0) is 16.6.